The lowest BCUT2D eigenvalue weighted by molar-refractivity contribution is -0.143. The third kappa shape index (κ3) is 5.73. The van der Waals surface area contributed by atoms with Crippen LogP contribution in [-0.4, -0.2) is 29.5 Å². The molecule has 2 unspecified atom stereocenters. The number of amides is 1. The van der Waals surface area contributed by atoms with Crippen LogP contribution in [0.25, 0.3) is 0 Å². The van der Waals surface area contributed by atoms with E-state index in [1.807, 2.05) is 30.3 Å². The molecule has 0 saturated carbocycles. The van der Waals surface area contributed by atoms with Gasteiger partial charge in [0.05, 0.1) is 23.3 Å². The molecule has 0 radical (unpaired) electrons. The number of alkyl halides is 6. The predicted molar refractivity (Wildman–Crippen MR) is 133 cm³/mol. The number of rotatable bonds is 5. The second-order valence-electron chi connectivity index (χ2n) is 10.4. The highest BCUT2D eigenvalue weighted by atomic mass is 19.4. The van der Waals surface area contributed by atoms with E-state index in [9.17, 15) is 35.5 Å². The van der Waals surface area contributed by atoms with E-state index in [1.54, 1.807) is 17.0 Å². The number of carbonyl (C=O) groups excluding carboxylic acids is 1. The summed E-state index contributed by atoms with van der Waals surface area (Å²) in [6.45, 7) is 1.51. The maximum atomic E-state index is 13.8. The highest BCUT2D eigenvalue weighted by Crippen LogP contribution is 2.46. The highest BCUT2D eigenvalue weighted by Gasteiger charge is 2.49. The first-order valence-electron chi connectivity index (χ1n) is 12.9. The first-order chi connectivity index (χ1) is 18.8. The zero-order valence-corrected chi connectivity index (χ0v) is 21.3. The number of hydrogen-bond acceptors (Lipinski definition) is 2. The quantitative estimate of drug-likeness (QED) is 0.295. The topological polar surface area (TPSA) is 29.5 Å². The standard InChI is InChI=1S/C30H26F7NO2/c1-17(20-11-22(29(32,33)34)15-23(12-20)30(35,36)37)40-26-16-38-25(28(26)19-7-9-24(31)10-8-19)13-21(14-27(38)39)18-5-3-2-4-6-18/h2-12,15,17,21,25-26,28H,13-14,16H2,1H3/t17-,21?,25?,26+,28+/m1/s1. The average Bonchev–Trinajstić information content (AvgIpc) is 3.26. The smallest absolute Gasteiger partial charge is 0.368 e. The zero-order chi connectivity index (χ0) is 28.8. The monoisotopic (exact) mass is 565 g/mol. The maximum absolute atomic E-state index is 13.8. The number of nitrogens with zero attached hydrogens (tertiary/aromatic N) is 1. The van der Waals surface area contributed by atoms with Gasteiger partial charge in [-0.3, -0.25) is 4.79 Å². The molecule has 3 aromatic carbocycles. The molecule has 0 spiro atoms. The van der Waals surface area contributed by atoms with Gasteiger partial charge in [-0.15, -0.1) is 0 Å². The van der Waals surface area contributed by atoms with Crippen LogP contribution in [0.1, 0.15) is 65.5 Å². The molecule has 2 saturated heterocycles. The Hall–Kier alpha value is -3.40. The number of piperidine rings is 1. The molecule has 3 nitrogen and oxygen atoms in total. The Bertz CT molecular complexity index is 1320. The minimum atomic E-state index is -4.99. The minimum Gasteiger partial charge on any atom is -0.368 e. The fraction of sp³-hybridized carbons (Fsp3) is 0.367. The van der Waals surface area contributed by atoms with Gasteiger partial charge < -0.3 is 9.64 Å². The van der Waals surface area contributed by atoms with Crippen molar-refractivity contribution in [2.75, 3.05) is 6.54 Å². The number of ether oxygens (including phenoxy) is 1. The average molecular weight is 566 g/mol. The number of benzene rings is 3. The van der Waals surface area contributed by atoms with E-state index >= 15 is 0 Å². The summed E-state index contributed by atoms with van der Waals surface area (Å²) in [5.41, 5.74) is -1.46. The fourth-order valence-electron chi connectivity index (χ4n) is 5.93. The highest BCUT2D eigenvalue weighted by molar-refractivity contribution is 5.79. The van der Waals surface area contributed by atoms with Gasteiger partial charge in [-0.2, -0.15) is 26.3 Å². The van der Waals surface area contributed by atoms with E-state index in [2.05, 4.69) is 0 Å². The molecule has 5 atom stereocenters. The molecule has 0 aromatic heterocycles. The predicted octanol–water partition coefficient (Wildman–Crippen LogP) is 7.88. The Balaban J connectivity index is 1.49. The Kier molecular flexibility index (Phi) is 7.41. The maximum Gasteiger partial charge on any atom is 0.416 e. The molecule has 0 bridgehead atoms. The van der Waals surface area contributed by atoms with Gasteiger partial charge in [0.2, 0.25) is 5.91 Å². The molecule has 1 amide bonds. The fourth-order valence-corrected chi connectivity index (χ4v) is 5.93. The van der Waals surface area contributed by atoms with Gasteiger partial charge in [-0.05, 0) is 66.3 Å². The van der Waals surface area contributed by atoms with Crippen molar-refractivity contribution in [2.24, 2.45) is 0 Å². The minimum absolute atomic E-state index is 0.0770. The first kappa shape index (κ1) is 28.1. The first-order valence-corrected chi connectivity index (χ1v) is 12.9. The largest absolute Gasteiger partial charge is 0.416 e. The van der Waals surface area contributed by atoms with Crippen LogP contribution in [-0.2, 0) is 21.9 Å². The molecule has 5 rings (SSSR count). The molecule has 3 aromatic rings. The Morgan fingerprint density at radius 1 is 0.850 bits per heavy atom. The second kappa shape index (κ2) is 10.5. The van der Waals surface area contributed by atoms with Crippen LogP contribution in [0, 0.1) is 5.82 Å². The van der Waals surface area contributed by atoms with E-state index in [0.29, 0.717) is 24.1 Å². The summed E-state index contributed by atoms with van der Waals surface area (Å²) >= 11 is 0. The molecular weight excluding hydrogens is 539 g/mol. The molecular formula is C30H26F7NO2. The summed E-state index contributed by atoms with van der Waals surface area (Å²) in [6.07, 6.45) is -11.0. The third-order valence-electron chi connectivity index (χ3n) is 7.84. The van der Waals surface area contributed by atoms with Crippen molar-refractivity contribution in [3.8, 4) is 0 Å². The Morgan fingerprint density at radius 2 is 1.45 bits per heavy atom. The van der Waals surface area contributed by atoms with Crippen molar-refractivity contribution < 1.29 is 40.3 Å². The Labute approximate surface area is 226 Å². The Morgan fingerprint density at radius 3 is 2.02 bits per heavy atom. The number of carbonyl (C=O) groups is 1. The van der Waals surface area contributed by atoms with Crippen LogP contribution in [0.3, 0.4) is 0 Å². The van der Waals surface area contributed by atoms with E-state index in [0.717, 1.165) is 5.56 Å². The summed E-state index contributed by atoms with van der Waals surface area (Å²) in [7, 11) is 0. The second-order valence-corrected chi connectivity index (χ2v) is 10.4. The zero-order valence-electron chi connectivity index (χ0n) is 21.3. The molecule has 212 valence electrons. The van der Waals surface area contributed by atoms with Crippen molar-refractivity contribution in [1.82, 2.24) is 4.90 Å². The van der Waals surface area contributed by atoms with Crippen molar-refractivity contribution in [1.29, 1.82) is 0 Å². The lowest BCUT2D eigenvalue weighted by Crippen LogP contribution is -2.43. The molecule has 2 fully saturated rings. The van der Waals surface area contributed by atoms with Gasteiger partial charge in [0.25, 0.3) is 0 Å². The van der Waals surface area contributed by atoms with E-state index in [4.69, 9.17) is 4.74 Å². The van der Waals surface area contributed by atoms with E-state index < -0.39 is 47.4 Å². The molecule has 40 heavy (non-hydrogen) atoms. The van der Waals surface area contributed by atoms with E-state index in [1.165, 1.54) is 19.1 Å². The molecule has 2 aliphatic rings. The van der Waals surface area contributed by atoms with Gasteiger partial charge >= 0.3 is 12.4 Å². The van der Waals surface area contributed by atoms with Crippen LogP contribution in [0.2, 0.25) is 0 Å². The van der Waals surface area contributed by atoms with Crippen LogP contribution >= 0.6 is 0 Å². The van der Waals surface area contributed by atoms with Crippen molar-refractivity contribution in [3.05, 3.63) is 106 Å². The summed E-state index contributed by atoms with van der Waals surface area (Å²) in [5.74, 6) is -1.12. The summed E-state index contributed by atoms with van der Waals surface area (Å²) < 4.78 is 101. The molecule has 0 N–H and O–H groups in total. The van der Waals surface area contributed by atoms with Gasteiger partial charge in [0.1, 0.15) is 5.82 Å². The third-order valence-corrected chi connectivity index (χ3v) is 7.84. The van der Waals surface area contributed by atoms with Gasteiger partial charge in [-0.25, -0.2) is 4.39 Å². The molecule has 2 aliphatic heterocycles. The molecule has 0 aliphatic carbocycles. The number of hydrogen-bond donors (Lipinski definition) is 0. The normalized spacial score (nSPS) is 24.2. The summed E-state index contributed by atoms with van der Waals surface area (Å²) in [5, 5.41) is 0. The van der Waals surface area contributed by atoms with Crippen molar-refractivity contribution >= 4 is 5.91 Å². The number of halogens is 7. The number of fused-ring (bicyclic) bond motifs is 1. The van der Waals surface area contributed by atoms with Crippen LogP contribution in [0.4, 0.5) is 30.7 Å². The van der Waals surface area contributed by atoms with E-state index in [-0.39, 0.29) is 42.5 Å². The van der Waals surface area contributed by atoms with Crippen molar-refractivity contribution in [2.45, 2.75) is 62.2 Å². The van der Waals surface area contributed by atoms with Gasteiger partial charge in [0, 0.05) is 24.9 Å². The SMILES string of the molecule is C[C@@H](O[C@H]1CN2C(=O)CC(c3ccccc3)CC2[C@@H]1c1ccc(F)cc1)c1cc(C(F)(F)F)cc(C(F)(F)F)c1. The molecule has 2 heterocycles. The van der Waals surface area contributed by atoms with Crippen LogP contribution in [0.15, 0.2) is 72.8 Å². The van der Waals surface area contributed by atoms with Gasteiger partial charge in [-0.1, -0.05) is 42.5 Å². The summed E-state index contributed by atoms with van der Waals surface area (Å²) in [6, 6.07) is 16.3. The van der Waals surface area contributed by atoms with Gasteiger partial charge in [0.15, 0.2) is 0 Å². The van der Waals surface area contributed by atoms with Crippen LogP contribution < -0.4 is 0 Å². The lowest BCUT2D eigenvalue weighted by Gasteiger charge is -2.37. The lowest BCUT2D eigenvalue weighted by atomic mass is 9.79. The van der Waals surface area contributed by atoms with Crippen LogP contribution in [0.5, 0.6) is 0 Å². The van der Waals surface area contributed by atoms with Crippen molar-refractivity contribution in [3.63, 3.8) is 0 Å². The summed E-state index contributed by atoms with van der Waals surface area (Å²) in [4.78, 5) is 14.9. The molecule has 10 heteroatoms.